The highest BCUT2D eigenvalue weighted by atomic mass is 16.5. The number of amides is 1. The number of nitrogens with one attached hydrogen (secondary N) is 1. The number of rotatable bonds is 8. The molecule has 5 heteroatoms. The van der Waals surface area contributed by atoms with E-state index in [4.69, 9.17) is 9.15 Å². The maximum atomic E-state index is 11.6. The van der Waals surface area contributed by atoms with Crippen molar-refractivity contribution in [2.24, 2.45) is 0 Å². The van der Waals surface area contributed by atoms with Gasteiger partial charge in [0.1, 0.15) is 12.4 Å². The van der Waals surface area contributed by atoms with Crippen LogP contribution in [-0.4, -0.2) is 24.0 Å². The van der Waals surface area contributed by atoms with E-state index in [1.165, 1.54) is 6.08 Å². The van der Waals surface area contributed by atoms with Crippen LogP contribution in [0.25, 0.3) is 6.08 Å². The number of carbonyl (C=O) groups excluding carboxylic acids is 1. The maximum Gasteiger partial charge on any atom is 0.244 e. The van der Waals surface area contributed by atoms with Crippen molar-refractivity contribution < 1.29 is 13.9 Å². The van der Waals surface area contributed by atoms with Gasteiger partial charge in [0, 0.05) is 31.6 Å². The molecule has 0 aromatic carbocycles. The molecule has 0 radical (unpaired) electrons. The van der Waals surface area contributed by atoms with Crippen molar-refractivity contribution in [3.8, 4) is 0 Å². The number of ether oxygens (including phenoxy) is 1. The van der Waals surface area contributed by atoms with Crippen LogP contribution in [0.1, 0.15) is 17.7 Å². The van der Waals surface area contributed by atoms with Crippen molar-refractivity contribution in [3.05, 3.63) is 60.3 Å². The molecule has 21 heavy (non-hydrogen) atoms. The second kappa shape index (κ2) is 8.71. The number of hydrogen-bond acceptors (Lipinski definition) is 4. The van der Waals surface area contributed by atoms with E-state index in [-0.39, 0.29) is 5.91 Å². The zero-order valence-corrected chi connectivity index (χ0v) is 11.7. The Labute approximate surface area is 123 Å². The predicted octanol–water partition coefficient (Wildman–Crippen LogP) is 2.41. The number of pyridine rings is 1. The lowest BCUT2D eigenvalue weighted by Crippen LogP contribution is -2.23. The molecular weight excluding hydrogens is 268 g/mol. The molecule has 5 nitrogen and oxygen atoms in total. The van der Waals surface area contributed by atoms with Crippen molar-refractivity contribution in [2.75, 3.05) is 13.2 Å². The first-order valence-electron chi connectivity index (χ1n) is 6.80. The van der Waals surface area contributed by atoms with Gasteiger partial charge in [0.2, 0.25) is 5.91 Å². The van der Waals surface area contributed by atoms with Gasteiger partial charge in [0.05, 0.1) is 6.26 Å². The second-order valence-corrected chi connectivity index (χ2v) is 4.39. The summed E-state index contributed by atoms with van der Waals surface area (Å²) in [6, 6.07) is 7.37. The molecule has 0 unspecified atom stereocenters. The van der Waals surface area contributed by atoms with Crippen LogP contribution in [-0.2, 0) is 16.1 Å². The minimum Gasteiger partial charge on any atom is -0.467 e. The highest BCUT2D eigenvalue weighted by molar-refractivity contribution is 5.91. The smallest absolute Gasteiger partial charge is 0.244 e. The van der Waals surface area contributed by atoms with Gasteiger partial charge >= 0.3 is 0 Å². The zero-order valence-electron chi connectivity index (χ0n) is 11.7. The van der Waals surface area contributed by atoms with Crippen molar-refractivity contribution >= 4 is 12.0 Å². The van der Waals surface area contributed by atoms with Gasteiger partial charge in [-0.15, -0.1) is 0 Å². The molecule has 1 amide bonds. The maximum absolute atomic E-state index is 11.6. The highest BCUT2D eigenvalue weighted by Crippen LogP contribution is 2.01. The summed E-state index contributed by atoms with van der Waals surface area (Å²) in [6.45, 7) is 1.62. The van der Waals surface area contributed by atoms with E-state index in [1.54, 1.807) is 24.7 Å². The molecule has 2 heterocycles. The third-order valence-electron chi connectivity index (χ3n) is 2.72. The summed E-state index contributed by atoms with van der Waals surface area (Å²) in [4.78, 5) is 15.5. The molecule has 0 bridgehead atoms. The first-order chi connectivity index (χ1) is 10.3. The van der Waals surface area contributed by atoms with Crippen molar-refractivity contribution in [1.29, 1.82) is 0 Å². The molecular formula is C16H18N2O3. The average molecular weight is 286 g/mol. The molecule has 2 rings (SSSR count). The second-order valence-electron chi connectivity index (χ2n) is 4.39. The van der Waals surface area contributed by atoms with E-state index in [2.05, 4.69) is 10.3 Å². The molecule has 0 saturated heterocycles. The lowest BCUT2D eigenvalue weighted by Gasteiger charge is -2.03. The van der Waals surface area contributed by atoms with Gasteiger partial charge in [-0.25, -0.2) is 0 Å². The monoisotopic (exact) mass is 286 g/mol. The fraction of sp³-hybridized carbons (Fsp3) is 0.250. The fourth-order valence-corrected chi connectivity index (χ4v) is 1.66. The highest BCUT2D eigenvalue weighted by Gasteiger charge is 1.97. The van der Waals surface area contributed by atoms with Crippen LogP contribution < -0.4 is 5.32 Å². The van der Waals surface area contributed by atoms with E-state index in [9.17, 15) is 4.79 Å². The summed E-state index contributed by atoms with van der Waals surface area (Å²) < 4.78 is 10.6. The molecule has 0 saturated carbocycles. The molecule has 0 spiro atoms. The molecule has 2 aromatic heterocycles. The molecule has 2 aromatic rings. The summed E-state index contributed by atoms with van der Waals surface area (Å²) >= 11 is 0. The van der Waals surface area contributed by atoms with E-state index < -0.39 is 0 Å². The summed E-state index contributed by atoms with van der Waals surface area (Å²) in [5.74, 6) is 0.692. The van der Waals surface area contributed by atoms with Crippen LogP contribution in [0.15, 0.2) is 53.4 Å². The molecule has 1 N–H and O–H groups in total. The van der Waals surface area contributed by atoms with Crippen molar-refractivity contribution in [3.63, 3.8) is 0 Å². The van der Waals surface area contributed by atoms with E-state index in [0.717, 1.165) is 17.7 Å². The Hall–Kier alpha value is -2.40. The fourth-order valence-electron chi connectivity index (χ4n) is 1.66. The minimum absolute atomic E-state index is 0.113. The van der Waals surface area contributed by atoms with Gasteiger partial charge in [-0.2, -0.15) is 0 Å². The Bertz CT molecular complexity index is 550. The number of hydrogen-bond donors (Lipinski definition) is 1. The molecule has 110 valence electrons. The van der Waals surface area contributed by atoms with Crippen LogP contribution in [0, 0.1) is 0 Å². The van der Waals surface area contributed by atoms with Gasteiger partial charge in [-0.05, 0) is 42.3 Å². The topological polar surface area (TPSA) is 64.4 Å². The Morgan fingerprint density at radius 3 is 2.95 bits per heavy atom. The first-order valence-corrected chi connectivity index (χ1v) is 6.80. The normalized spacial score (nSPS) is 10.9. The van der Waals surface area contributed by atoms with E-state index in [0.29, 0.717) is 19.8 Å². The SMILES string of the molecule is O=C(/C=C/c1ccncc1)NCCCOCc1ccco1. The van der Waals surface area contributed by atoms with Crippen molar-refractivity contribution in [1.82, 2.24) is 10.3 Å². The third-order valence-corrected chi connectivity index (χ3v) is 2.72. The zero-order chi connectivity index (χ0) is 14.8. The van der Waals surface area contributed by atoms with Gasteiger partial charge in [0.25, 0.3) is 0 Å². The lowest BCUT2D eigenvalue weighted by atomic mass is 10.2. The molecule has 0 fully saturated rings. The van der Waals surface area contributed by atoms with Gasteiger partial charge in [-0.1, -0.05) is 0 Å². The summed E-state index contributed by atoms with van der Waals surface area (Å²) in [7, 11) is 0. The summed E-state index contributed by atoms with van der Waals surface area (Å²) in [5, 5.41) is 2.80. The molecule has 0 atom stereocenters. The minimum atomic E-state index is -0.113. The standard InChI is InChI=1S/C16H18N2O3/c19-16(5-4-14-6-9-17-10-7-14)18-8-2-11-20-13-15-3-1-12-21-15/h1,3-7,9-10,12H,2,8,11,13H2,(H,18,19)/b5-4+. The number of carbonyl (C=O) groups is 1. The molecule has 0 aliphatic heterocycles. The van der Waals surface area contributed by atoms with E-state index in [1.807, 2.05) is 24.3 Å². The number of nitrogens with zero attached hydrogens (tertiary/aromatic N) is 1. The third kappa shape index (κ3) is 6.05. The molecule has 0 aliphatic carbocycles. The quantitative estimate of drug-likeness (QED) is 0.598. The first kappa shape index (κ1) is 15.0. The van der Waals surface area contributed by atoms with E-state index >= 15 is 0 Å². The largest absolute Gasteiger partial charge is 0.467 e. The van der Waals surface area contributed by atoms with Gasteiger partial charge < -0.3 is 14.5 Å². The Morgan fingerprint density at radius 2 is 2.19 bits per heavy atom. The van der Waals surface area contributed by atoms with Crippen LogP contribution in [0.3, 0.4) is 0 Å². The Balaban J connectivity index is 1.54. The summed E-state index contributed by atoms with van der Waals surface area (Å²) in [5.41, 5.74) is 0.946. The molecule has 0 aliphatic rings. The Morgan fingerprint density at radius 1 is 1.33 bits per heavy atom. The van der Waals surface area contributed by atoms with Crippen LogP contribution in [0.4, 0.5) is 0 Å². The number of furan rings is 1. The van der Waals surface area contributed by atoms with Crippen LogP contribution in [0.5, 0.6) is 0 Å². The van der Waals surface area contributed by atoms with Crippen LogP contribution in [0.2, 0.25) is 0 Å². The van der Waals surface area contributed by atoms with Gasteiger partial charge in [0.15, 0.2) is 0 Å². The Kier molecular flexibility index (Phi) is 6.22. The van der Waals surface area contributed by atoms with Gasteiger partial charge in [-0.3, -0.25) is 9.78 Å². The average Bonchev–Trinajstić information content (AvgIpc) is 3.03. The van der Waals surface area contributed by atoms with Crippen molar-refractivity contribution in [2.45, 2.75) is 13.0 Å². The predicted molar refractivity (Wildman–Crippen MR) is 79.3 cm³/mol. The number of aromatic nitrogens is 1. The van der Waals surface area contributed by atoms with Crippen LogP contribution >= 0.6 is 0 Å². The lowest BCUT2D eigenvalue weighted by molar-refractivity contribution is -0.116. The summed E-state index contributed by atoms with van der Waals surface area (Å²) in [6.07, 6.45) is 9.02.